The number of methoxy groups -OCH3 is 2. The van der Waals surface area contributed by atoms with E-state index in [4.69, 9.17) is 14.5 Å². The van der Waals surface area contributed by atoms with Crippen LogP contribution in [0.2, 0.25) is 0 Å². The van der Waals surface area contributed by atoms with E-state index in [2.05, 4.69) is 12.1 Å². The van der Waals surface area contributed by atoms with Gasteiger partial charge in [-0.3, -0.25) is 0 Å². The number of nitriles is 1. The van der Waals surface area contributed by atoms with Gasteiger partial charge < -0.3 is 14.0 Å². The first-order valence-electron chi connectivity index (χ1n) is 7.24. The fourth-order valence-corrected chi connectivity index (χ4v) is 2.69. The normalized spacial score (nSPS) is 10.5. The number of imidazole rings is 1. The highest BCUT2D eigenvalue weighted by atomic mass is 16.5. The zero-order valence-electron chi connectivity index (χ0n) is 13.3. The lowest BCUT2D eigenvalue weighted by atomic mass is 10.1. The van der Waals surface area contributed by atoms with E-state index in [1.165, 1.54) is 0 Å². The van der Waals surface area contributed by atoms with Crippen LogP contribution in [-0.2, 0) is 6.54 Å². The molecule has 0 saturated heterocycles. The van der Waals surface area contributed by atoms with E-state index in [9.17, 15) is 5.26 Å². The first-order valence-corrected chi connectivity index (χ1v) is 7.24. The molecule has 3 aromatic rings. The first-order chi connectivity index (χ1) is 11.2. The van der Waals surface area contributed by atoms with E-state index in [-0.39, 0.29) is 6.54 Å². The maximum Gasteiger partial charge on any atom is 0.163 e. The van der Waals surface area contributed by atoms with Gasteiger partial charge in [-0.05, 0) is 13.0 Å². The number of rotatable bonds is 4. The van der Waals surface area contributed by atoms with Gasteiger partial charge in [0.25, 0.3) is 0 Å². The number of fused-ring (bicyclic) bond motifs is 1. The van der Waals surface area contributed by atoms with E-state index in [1.54, 1.807) is 14.2 Å². The summed E-state index contributed by atoms with van der Waals surface area (Å²) in [4.78, 5) is 4.70. The molecule has 0 bridgehead atoms. The number of benzene rings is 2. The highest BCUT2D eigenvalue weighted by Gasteiger charge is 2.16. The molecule has 0 radical (unpaired) electrons. The second-order valence-electron chi connectivity index (χ2n) is 5.25. The average Bonchev–Trinajstić information content (AvgIpc) is 2.91. The molecule has 0 saturated carbocycles. The Labute approximate surface area is 134 Å². The summed E-state index contributed by atoms with van der Waals surface area (Å²) in [6.45, 7) is 2.25. The lowest BCUT2D eigenvalue weighted by Crippen LogP contribution is -1.99. The summed E-state index contributed by atoms with van der Waals surface area (Å²) in [6, 6.07) is 14.0. The predicted molar refractivity (Wildman–Crippen MR) is 88.6 cm³/mol. The highest BCUT2D eigenvalue weighted by Crippen LogP contribution is 2.34. The zero-order valence-corrected chi connectivity index (χ0v) is 13.3. The molecule has 0 unspecified atom stereocenters. The van der Waals surface area contributed by atoms with Gasteiger partial charge >= 0.3 is 0 Å². The van der Waals surface area contributed by atoms with Crippen LogP contribution < -0.4 is 9.47 Å². The van der Waals surface area contributed by atoms with E-state index < -0.39 is 0 Å². The second-order valence-corrected chi connectivity index (χ2v) is 5.25. The van der Waals surface area contributed by atoms with Crippen molar-refractivity contribution in [2.45, 2.75) is 13.5 Å². The number of hydrogen-bond donors (Lipinski definition) is 0. The lowest BCUT2D eigenvalue weighted by molar-refractivity contribution is 0.355. The second kappa shape index (κ2) is 6.01. The number of hydrogen-bond acceptors (Lipinski definition) is 4. The molecule has 1 aromatic heterocycles. The molecule has 23 heavy (non-hydrogen) atoms. The third kappa shape index (κ3) is 2.59. The van der Waals surface area contributed by atoms with Crippen molar-refractivity contribution in [3.63, 3.8) is 0 Å². The Morgan fingerprint density at radius 2 is 1.87 bits per heavy atom. The maximum atomic E-state index is 9.20. The molecule has 3 rings (SSSR count). The minimum absolute atomic E-state index is 0.218. The van der Waals surface area contributed by atoms with Gasteiger partial charge in [-0.25, -0.2) is 4.98 Å². The van der Waals surface area contributed by atoms with E-state index in [0.29, 0.717) is 11.5 Å². The van der Waals surface area contributed by atoms with Crippen molar-refractivity contribution in [2.75, 3.05) is 14.2 Å². The van der Waals surface area contributed by atoms with Crippen molar-refractivity contribution in [3.05, 3.63) is 42.0 Å². The molecule has 0 aliphatic carbocycles. The third-order valence-corrected chi connectivity index (χ3v) is 3.76. The monoisotopic (exact) mass is 307 g/mol. The molecule has 0 N–H and O–H groups in total. The quantitative estimate of drug-likeness (QED) is 0.739. The summed E-state index contributed by atoms with van der Waals surface area (Å²) >= 11 is 0. The topological polar surface area (TPSA) is 60.1 Å². The number of aryl methyl sites for hydroxylation is 1. The Hall–Kier alpha value is -3.00. The van der Waals surface area contributed by atoms with Gasteiger partial charge in [0.2, 0.25) is 0 Å². The number of aromatic nitrogens is 2. The van der Waals surface area contributed by atoms with Crippen molar-refractivity contribution >= 4 is 11.0 Å². The molecular weight excluding hydrogens is 290 g/mol. The summed E-state index contributed by atoms with van der Waals surface area (Å²) in [5.74, 6) is 2.01. The van der Waals surface area contributed by atoms with Crippen molar-refractivity contribution < 1.29 is 9.47 Å². The van der Waals surface area contributed by atoms with Gasteiger partial charge in [0, 0.05) is 17.7 Å². The van der Waals surface area contributed by atoms with Gasteiger partial charge in [-0.1, -0.05) is 23.8 Å². The number of ether oxygens (including phenoxy) is 2. The molecule has 0 aliphatic rings. The van der Waals surface area contributed by atoms with Gasteiger partial charge in [-0.15, -0.1) is 0 Å². The van der Waals surface area contributed by atoms with Crippen LogP contribution in [0.3, 0.4) is 0 Å². The van der Waals surface area contributed by atoms with Gasteiger partial charge in [0.05, 0.1) is 31.3 Å². The molecular formula is C18H17N3O2. The first kappa shape index (κ1) is 14.9. The van der Waals surface area contributed by atoms with Crippen LogP contribution in [0.15, 0.2) is 36.4 Å². The maximum absolute atomic E-state index is 9.20. The SMILES string of the molecule is COc1cc2nc(-c3cccc(C)c3)n(CC#N)c2cc1OC. The Balaban J connectivity index is 2.30. The molecule has 0 atom stereocenters. The van der Waals surface area contributed by atoms with Crippen molar-refractivity contribution in [1.82, 2.24) is 9.55 Å². The van der Waals surface area contributed by atoms with Crippen LogP contribution in [0.5, 0.6) is 11.5 Å². The molecule has 5 nitrogen and oxygen atoms in total. The van der Waals surface area contributed by atoms with E-state index >= 15 is 0 Å². The summed E-state index contributed by atoms with van der Waals surface area (Å²) in [7, 11) is 3.19. The Kier molecular flexibility index (Phi) is 3.90. The van der Waals surface area contributed by atoms with Crippen LogP contribution in [0, 0.1) is 18.3 Å². The van der Waals surface area contributed by atoms with Crippen LogP contribution >= 0.6 is 0 Å². The smallest absolute Gasteiger partial charge is 0.163 e. The molecule has 2 aromatic carbocycles. The largest absolute Gasteiger partial charge is 0.493 e. The molecule has 0 amide bonds. The summed E-state index contributed by atoms with van der Waals surface area (Å²) in [6.07, 6.45) is 0. The third-order valence-electron chi connectivity index (χ3n) is 3.76. The predicted octanol–water partition coefficient (Wildman–Crippen LogP) is 3.55. The Morgan fingerprint density at radius 3 is 2.52 bits per heavy atom. The minimum Gasteiger partial charge on any atom is -0.493 e. The lowest BCUT2D eigenvalue weighted by Gasteiger charge is -2.08. The summed E-state index contributed by atoms with van der Waals surface area (Å²) in [5.41, 5.74) is 3.75. The van der Waals surface area contributed by atoms with Gasteiger partial charge in [0.1, 0.15) is 12.4 Å². The molecule has 0 spiro atoms. The van der Waals surface area contributed by atoms with Crippen LogP contribution in [0.25, 0.3) is 22.4 Å². The molecule has 116 valence electrons. The van der Waals surface area contributed by atoms with E-state index in [0.717, 1.165) is 28.0 Å². The molecule has 5 heteroatoms. The van der Waals surface area contributed by atoms with Crippen LogP contribution in [0.1, 0.15) is 5.56 Å². The number of nitrogens with zero attached hydrogens (tertiary/aromatic N) is 3. The van der Waals surface area contributed by atoms with Crippen molar-refractivity contribution in [2.24, 2.45) is 0 Å². The van der Waals surface area contributed by atoms with Gasteiger partial charge in [0.15, 0.2) is 11.5 Å². The van der Waals surface area contributed by atoms with Crippen LogP contribution in [-0.4, -0.2) is 23.8 Å². The molecule has 0 aliphatic heterocycles. The molecule has 1 heterocycles. The summed E-state index contributed by atoms with van der Waals surface area (Å²) in [5, 5.41) is 9.20. The molecule has 0 fully saturated rings. The highest BCUT2D eigenvalue weighted by molar-refractivity contribution is 5.84. The average molecular weight is 307 g/mol. The Morgan fingerprint density at radius 1 is 1.13 bits per heavy atom. The standard InChI is InChI=1S/C18H17N3O2/c1-12-5-4-6-13(9-12)18-20-14-10-16(22-2)17(23-3)11-15(14)21(18)8-7-19/h4-6,9-11H,8H2,1-3H3. The fourth-order valence-electron chi connectivity index (χ4n) is 2.69. The van der Waals surface area contributed by atoms with Crippen molar-refractivity contribution in [3.8, 4) is 29.0 Å². The van der Waals surface area contributed by atoms with Crippen molar-refractivity contribution in [1.29, 1.82) is 5.26 Å². The summed E-state index contributed by atoms with van der Waals surface area (Å²) < 4.78 is 12.6. The minimum atomic E-state index is 0.218. The van der Waals surface area contributed by atoms with E-state index in [1.807, 2.05) is 41.8 Å². The van der Waals surface area contributed by atoms with Gasteiger partial charge in [-0.2, -0.15) is 5.26 Å². The Bertz CT molecular complexity index is 907. The van der Waals surface area contributed by atoms with Crippen LogP contribution in [0.4, 0.5) is 0 Å². The fraction of sp³-hybridized carbons (Fsp3) is 0.222. The zero-order chi connectivity index (χ0) is 16.4.